The summed E-state index contributed by atoms with van der Waals surface area (Å²) in [5.41, 5.74) is 1.35. The lowest BCUT2D eigenvalue weighted by atomic mass is 10.1. The van der Waals surface area contributed by atoms with Gasteiger partial charge in [0.25, 0.3) is 0 Å². The molecular weight excluding hydrogens is 582 g/mol. The maximum absolute atomic E-state index is 10.9. The highest BCUT2D eigenvalue weighted by Crippen LogP contribution is 2.24. The fourth-order valence-electron chi connectivity index (χ4n) is 2.74. The van der Waals surface area contributed by atoms with E-state index in [9.17, 15) is 9.59 Å². The summed E-state index contributed by atoms with van der Waals surface area (Å²) in [4.78, 5) is 21.9. The summed E-state index contributed by atoms with van der Waals surface area (Å²) >= 11 is 4.30. The monoisotopic (exact) mass is 606 g/mol. The highest BCUT2D eigenvalue weighted by Gasteiger charge is 2.06. The van der Waals surface area contributed by atoms with Crippen molar-refractivity contribution in [2.45, 2.75) is 38.5 Å². The number of carbonyl (C=O) groups excluding carboxylic acids is 2. The molecule has 0 saturated heterocycles. The van der Waals surface area contributed by atoms with E-state index in [2.05, 4.69) is 45.2 Å². The Balaban J connectivity index is 1.52. The minimum absolute atomic E-state index is 0.674. The number of halogens is 2. The molecule has 0 aliphatic rings. The van der Waals surface area contributed by atoms with Gasteiger partial charge in [0.15, 0.2) is 12.6 Å². The van der Waals surface area contributed by atoms with Gasteiger partial charge in [-0.05, 0) is 70.2 Å². The molecule has 2 aromatic rings. The Morgan fingerprint density at radius 1 is 0.643 bits per heavy atom. The molecule has 0 amide bonds. The topological polar surface area (TPSA) is 52.6 Å². The molecule has 4 nitrogen and oxygen atoms in total. The van der Waals surface area contributed by atoms with E-state index >= 15 is 0 Å². The summed E-state index contributed by atoms with van der Waals surface area (Å²) < 4.78 is 13.3. The van der Waals surface area contributed by atoms with Crippen molar-refractivity contribution < 1.29 is 19.1 Å². The van der Waals surface area contributed by atoms with Crippen molar-refractivity contribution in [1.29, 1.82) is 0 Å². The number of benzene rings is 2. The maximum Gasteiger partial charge on any atom is 0.151 e. The van der Waals surface area contributed by atoms with E-state index < -0.39 is 0 Å². The van der Waals surface area contributed by atoms with Gasteiger partial charge in [-0.3, -0.25) is 9.59 Å². The molecule has 0 spiro atoms. The maximum atomic E-state index is 10.9. The van der Waals surface area contributed by atoms with Gasteiger partial charge >= 0.3 is 0 Å². The molecule has 0 saturated carbocycles. The van der Waals surface area contributed by atoms with E-state index in [1.807, 2.05) is 24.3 Å². The standard InChI is InChI=1S/C22H24I2O4/c23-21-17(15-25)9-7-11-19(21)27-13-5-3-1-2-4-6-14-28-20-12-8-10-18(16-26)22(20)24/h7-12,15-16H,1-6,13-14H2. The van der Waals surface area contributed by atoms with Crippen LogP contribution in [0.15, 0.2) is 36.4 Å². The number of rotatable bonds is 13. The second kappa shape index (κ2) is 13.1. The van der Waals surface area contributed by atoms with Crippen LogP contribution in [0.5, 0.6) is 11.5 Å². The minimum Gasteiger partial charge on any atom is -0.492 e. The molecule has 0 unspecified atom stereocenters. The van der Waals surface area contributed by atoms with Crippen LogP contribution in [0.3, 0.4) is 0 Å². The van der Waals surface area contributed by atoms with Gasteiger partial charge in [0.2, 0.25) is 0 Å². The minimum atomic E-state index is 0.674. The number of carbonyl (C=O) groups is 2. The summed E-state index contributed by atoms with van der Waals surface area (Å²) in [6, 6.07) is 11.1. The zero-order valence-electron chi connectivity index (χ0n) is 15.7. The van der Waals surface area contributed by atoms with Crippen molar-refractivity contribution in [2.24, 2.45) is 0 Å². The van der Waals surface area contributed by atoms with Crippen LogP contribution < -0.4 is 9.47 Å². The van der Waals surface area contributed by atoms with Crippen LogP contribution >= 0.6 is 45.2 Å². The summed E-state index contributed by atoms with van der Waals surface area (Å²) in [6.07, 6.45) is 8.34. The molecule has 0 heterocycles. The highest BCUT2D eigenvalue weighted by molar-refractivity contribution is 14.1. The fourth-order valence-corrected chi connectivity index (χ4v) is 4.02. The fraction of sp³-hybridized carbons (Fsp3) is 0.364. The first-order valence-electron chi connectivity index (χ1n) is 9.40. The molecule has 28 heavy (non-hydrogen) atoms. The number of hydrogen-bond donors (Lipinski definition) is 0. The molecule has 150 valence electrons. The molecule has 0 N–H and O–H groups in total. The van der Waals surface area contributed by atoms with Crippen LogP contribution in [-0.4, -0.2) is 25.8 Å². The van der Waals surface area contributed by atoms with Crippen LogP contribution in [-0.2, 0) is 0 Å². The van der Waals surface area contributed by atoms with Crippen molar-refractivity contribution in [1.82, 2.24) is 0 Å². The van der Waals surface area contributed by atoms with Crippen molar-refractivity contribution in [2.75, 3.05) is 13.2 Å². The van der Waals surface area contributed by atoms with E-state index in [0.717, 1.165) is 56.9 Å². The zero-order valence-corrected chi connectivity index (χ0v) is 20.0. The molecule has 6 heteroatoms. The van der Waals surface area contributed by atoms with E-state index in [-0.39, 0.29) is 0 Å². The first kappa shape index (κ1) is 23.1. The van der Waals surface area contributed by atoms with E-state index in [1.165, 1.54) is 12.8 Å². The van der Waals surface area contributed by atoms with Crippen molar-refractivity contribution in [3.05, 3.63) is 54.7 Å². The quantitative estimate of drug-likeness (QED) is 0.152. The smallest absolute Gasteiger partial charge is 0.151 e. The van der Waals surface area contributed by atoms with Crippen LogP contribution in [0.2, 0.25) is 0 Å². The van der Waals surface area contributed by atoms with E-state index in [0.29, 0.717) is 24.3 Å². The lowest BCUT2D eigenvalue weighted by molar-refractivity contribution is 0.111. The SMILES string of the molecule is O=Cc1cccc(OCCCCCCCCOc2cccc(C=O)c2I)c1I. The highest BCUT2D eigenvalue weighted by atomic mass is 127. The Morgan fingerprint density at radius 3 is 1.43 bits per heavy atom. The summed E-state index contributed by atoms with van der Waals surface area (Å²) in [5, 5.41) is 0. The van der Waals surface area contributed by atoms with Crippen molar-refractivity contribution >= 4 is 57.8 Å². The lowest BCUT2D eigenvalue weighted by Gasteiger charge is -2.10. The predicted octanol–water partition coefficient (Wildman–Crippen LogP) is 6.32. The third kappa shape index (κ3) is 7.35. The Morgan fingerprint density at radius 2 is 1.04 bits per heavy atom. The molecular formula is C22H24I2O4. The summed E-state index contributed by atoms with van der Waals surface area (Å²) in [7, 11) is 0. The van der Waals surface area contributed by atoms with Crippen molar-refractivity contribution in [3.63, 3.8) is 0 Å². The molecule has 2 rings (SSSR count). The second-order valence-corrected chi connectivity index (χ2v) is 8.53. The molecule has 2 aromatic carbocycles. The van der Waals surface area contributed by atoms with Crippen LogP contribution in [0.1, 0.15) is 59.2 Å². The lowest BCUT2D eigenvalue weighted by Crippen LogP contribution is -2.01. The van der Waals surface area contributed by atoms with Crippen LogP contribution in [0.4, 0.5) is 0 Å². The summed E-state index contributed by atoms with van der Waals surface area (Å²) in [5.74, 6) is 1.58. The largest absolute Gasteiger partial charge is 0.492 e. The molecule has 0 fully saturated rings. The third-order valence-corrected chi connectivity index (χ3v) is 6.60. The number of aldehydes is 2. The average molecular weight is 606 g/mol. The van der Waals surface area contributed by atoms with Crippen LogP contribution in [0, 0.1) is 7.14 Å². The van der Waals surface area contributed by atoms with Crippen molar-refractivity contribution in [3.8, 4) is 11.5 Å². The average Bonchev–Trinajstić information content (AvgIpc) is 2.71. The molecule has 0 aromatic heterocycles. The van der Waals surface area contributed by atoms with Gasteiger partial charge in [-0.15, -0.1) is 0 Å². The van der Waals surface area contributed by atoms with Gasteiger partial charge < -0.3 is 9.47 Å². The molecule has 0 aliphatic carbocycles. The van der Waals surface area contributed by atoms with Gasteiger partial charge in [0.1, 0.15) is 11.5 Å². The molecule has 0 bridgehead atoms. The molecule has 0 radical (unpaired) electrons. The van der Waals surface area contributed by atoms with Crippen LogP contribution in [0.25, 0.3) is 0 Å². The van der Waals surface area contributed by atoms with Gasteiger partial charge in [0.05, 0.1) is 20.4 Å². The first-order valence-corrected chi connectivity index (χ1v) is 11.6. The van der Waals surface area contributed by atoms with E-state index in [1.54, 1.807) is 12.1 Å². The predicted molar refractivity (Wildman–Crippen MR) is 128 cm³/mol. The van der Waals surface area contributed by atoms with Gasteiger partial charge in [-0.25, -0.2) is 0 Å². The Hall–Kier alpha value is -1.16. The summed E-state index contributed by atoms with van der Waals surface area (Å²) in [6.45, 7) is 1.35. The zero-order chi connectivity index (χ0) is 20.2. The second-order valence-electron chi connectivity index (χ2n) is 6.37. The van der Waals surface area contributed by atoms with E-state index in [4.69, 9.17) is 9.47 Å². The van der Waals surface area contributed by atoms with Gasteiger partial charge in [-0.2, -0.15) is 0 Å². The van der Waals surface area contributed by atoms with Gasteiger partial charge in [-0.1, -0.05) is 49.9 Å². The molecule has 0 atom stereocenters. The Kier molecular flexibility index (Phi) is 10.8. The normalized spacial score (nSPS) is 10.5. The molecule has 0 aliphatic heterocycles. The number of hydrogen-bond acceptors (Lipinski definition) is 4. The number of ether oxygens (including phenoxy) is 2. The first-order chi connectivity index (χ1) is 13.7. The van der Waals surface area contributed by atoms with Gasteiger partial charge in [0, 0.05) is 11.1 Å². The number of unbranched alkanes of at least 4 members (excludes halogenated alkanes) is 5. The third-order valence-electron chi connectivity index (χ3n) is 4.29. The Labute approximate surface area is 193 Å². The Bertz CT molecular complexity index is 712.